The second kappa shape index (κ2) is 13.5. The molecule has 2 aliphatic heterocycles. The van der Waals surface area contributed by atoms with Gasteiger partial charge in [0, 0.05) is 0 Å². The zero-order valence-corrected chi connectivity index (χ0v) is 28.4. The van der Waals surface area contributed by atoms with Crippen LogP contribution >= 0.6 is 0 Å². The quantitative estimate of drug-likeness (QED) is 0.244. The first-order valence-corrected chi connectivity index (χ1v) is 14.7. The summed E-state index contributed by atoms with van der Waals surface area (Å²) in [5, 5.41) is 0. The number of hydrogen-bond acceptors (Lipinski definition) is 10. The van der Waals surface area contributed by atoms with Crippen molar-refractivity contribution in [2.75, 3.05) is 38.2 Å². The van der Waals surface area contributed by atoms with Crippen LogP contribution in [0.2, 0.25) is 0 Å². The van der Waals surface area contributed by atoms with E-state index in [1.807, 2.05) is 38.1 Å². The van der Waals surface area contributed by atoms with Crippen molar-refractivity contribution in [3.8, 4) is 0 Å². The van der Waals surface area contributed by atoms with Gasteiger partial charge in [-0.1, -0.05) is 35.4 Å². The van der Waals surface area contributed by atoms with Crippen LogP contribution in [0.5, 0.6) is 0 Å². The van der Waals surface area contributed by atoms with Crippen molar-refractivity contribution in [3.05, 3.63) is 103 Å². The minimum absolute atomic E-state index is 0.327. The largest absolute Gasteiger partial charge is 0.465 e. The topological polar surface area (TPSA) is 146 Å². The van der Waals surface area contributed by atoms with Gasteiger partial charge in [-0.25, -0.2) is 19.2 Å². The summed E-state index contributed by atoms with van der Waals surface area (Å²) in [5.41, 5.74) is 2.77. The van der Waals surface area contributed by atoms with E-state index in [9.17, 15) is 28.8 Å². The Hall–Kier alpha value is -5.78. The van der Waals surface area contributed by atoms with E-state index in [2.05, 4.69) is 0 Å². The highest BCUT2D eigenvalue weighted by Crippen LogP contribution is 2.41. The molecule has 48 heavy (non-hydrogen) atoms. The zero-order chi connectivity index (χ0) is 35.8. The molecule has 0 bridgehead atoms. The van der Waals surface area contributed by atoms with Crippen molar-refractivity contribution in [2.24, 2.45) is 0 Å². The first kappa shape index (κ1) is 35.1. The van der Waals surface area contributed by atoms with Crippen molar-refractivity contribution in [2.45, 2.75) is 41.5 Å². The van der Waals surface area contributed by atoms with Crippen LogP contribution in [0.3, 0.4) is 0 Å². The molecule has 0 spiro atoms. The van der Waals surface area contributed by atoms with Crippen molar-refractivity contribution >= 4 is 47.1 Å². The highest BCUT2D eigenvalue weighted by atomic mass is 16.5. The van der Waals surface area contributed by atoms with E-state index in [0.29, 0.717) is 33.6 Å². The monoisotopic (exact) mass is 656 g/mol. The summed E-state index contributed by atoms with van der Waals surface area (Å²) in [6.45, 7) is 10.8. The minimum atomic E-state index is -1.03. The fourth-order valence-electron chi connectivity index (χ4n) is 6.29. The Bertz CT molecular complexity index is 1760. The molecule has 12 nitrogen and oxygen atoms in total. The number of amides is 2. The number of hydrogen-bond donors (Lipinski definition) is 0. The number of rotatable bonds is 7. The van der Waals surface area contributed by atoms with Gasteiger partial charge in [-0.3, -0.25) is 19.4 Å². The Labute approximate surface area is 277 Å². The first-order chi connectivity index (χ1) is 22.6. The average molecular weight is 657 g/mol. The molecule has 2 aliphatic rings. The molecule has 0 aromatic heterocycles. The van der Waals surface area contributed by atoms with Crippen molar-refractivity contribution in [1.82, 2.24) is 0 Å². The fraction of sp³-hybridized carbons (Fsp3) is 0.278. The van der Waals surface area contributed by atoms with Gasteiger partial charge in [0.25, 0.3) is 11.8 Å². The third-order valence-corrected chi connectivity index (χ3v) is 8.00. The lowest BCUT2D eigenvalue weighted by Gasteiger charge is -2.23. The summed E-state index contributed by atoms with van der Waals surface area (Å²) in [6.07, 6.45) is 2.25. The third-order valence-electron chi connectivity index (χ3n) is 8.00. The van der Waals surface area contributed by atoms with Gasteiger partial charge >= 0.3 is 23.9 Å². The molecule has 0 unspecified atom stereocenters. The molecule has 2 heterocycles. The van der Waals surface area contributed by atoms with Crippen LogP contribution in [0.4, 0.5) is 11.4 Å². The van der Waals surface area contributed by atoms with E-state index in [4.69, 9.17) is 18.9 Å². The maximum absolute atomic E-state index is 14.2. The Morgan fingerprint density at radius 3 is 1.02 bits per heavy atom. The molecule has 0 saturated carbocycles. The van der Waals surface area contributed by atoms with E-state index in [1.165, 1.54) is 0 Å². The van der Waals surface area contributed by atoms with Crippen LogP contribution in [0, 0.1) is 41.5 Å². The number of ether oxygens (including phenoxy) is 4. The molecular weight excluding hydrogens is 620 g/mol. The lowest BCUT2D eigenvalue weighted by Crippen LogP contribution is -2.31. The van der Waals surface area contributed by atoms with E-state index in [1.54, 1.807) is 27.7 Å². The summed E-state index contributed by atoms with van der Waals surface area (Å²) >= 11 is 0. The molecule has 0 fully saturated rings. The average Bonchev–Trinajstić information content (AvgIpc) is 3.47. The van der Waals surface area contributed by atoms with Gasteiger partial charge < -0.3 is 18.9 Å². The summed E-state index contributed by atoms with van der Waals surface area (Å²) in [5.74, 6) is -5.63. The molecule has 0 saturated heterocycles. The van der Waals surface area contributed by atoms with Crippen LogP contribution < -0.4 is 9.80 Å². The van der Waals surface area contributed by atoms with E-state index in [-0.39, 0.29) is 11.1 Å². The second-order valence-electron chi connectivity index (χ2n) is 11.3. The van der Waals surface area contributed by atoms with Crippen molar-refractivity contribution in [1.29, 1.82) is 0 Å². The number of anilines is 2. The standard InChI is InChI=1S/C36H36N2O10/c1-17-13-19(3)27(20(4)14-17)37-29(35(43)47-9)25(33(41)45-7)23(31(37)39)11-12-24-26(34(42)46-8)30(36(44)48-10)38(32(24)40)28-21(5)15-18(2)16-22(28)6/h11-16H,1-10H3/b23-11-,24-12-. The van der Waals surface area contributed by atoms with E-state index >= 15 is 0 Å². The summed E-state index contributed by atoms with van der Waals surface area (Å²) in [7, 11) is 4.38. The Morgan fingerprint density at radius 1 is 0.500 bits per heavy atom. The Balaban J connectivity index is 2.07. The normalized spacial score (nSPS) is 16.4. The van der Waals surface area contributed by atoms with Gasteiger partial charge in [-0.2, -0.15) is 0 Å². The Kier molecular flexibility index (Phi) is 9.88. The van der Waals surface area contributed by atoms with Gasteiger partial charge in [0.1, 0.15) is 11.1 Å². The van der Waals surface area contributed by atoms with Gasteiger partial charge in [0.15, 0.2) is 11.4 Å². The molecule has 2 aromatic carbocycles. The van der Waals surface area contributed by atoms with E-state index in [0.717, 1.165) is 61.5 Å². The van der Waals surface area contributed by atoms with Gasteiger partial charge in [-0.05, 0) is 75.9 Å². The molecule has 250 valence electrons. The van der Waals surface area contributed by atoms with Crippen LogP contribution in [0.15, 0.2) is 70.1 Å². The molecule has 0 aliphatic carbocycles. The Morgan fingerprint density at radius 2 is 0.771 bits per heavy atom. The minimum Gasteiger partial charge on any atom is -0.465 e. The number of allylic oxidation sites excluding steroid dienone is 2. The van der Waals surface area contributed by atoms with Crippen molar-refractivity contribution < 1.29 is 47.7 Å². The smallest absolute Gasteiger partial charge is 0.356 e. The van der Waals surface area contributed by atoms with Crippen LogP contribution in [-0.2, 0) is 47.7 Å². The number of nitrogens with zero attached hydrogens (tertiary/aromatic N) is 2. The van der Waals surface area contributed by atoms with Crippen LogP contribution in [-0.4, -0.2) is 64.1 Å². The van der Waals surface area contributed by atoms with Crippen molar-refractivity contribution in [3.63, 3.8) is 0 Å². The third kappa shape index (κ3) is 5.81. The van der Waals surface area contributed by atoms with Gasteiger partial charge in [-0.15, -0.1) is 0 Å². The van der Waals surface area contributed by atoms with E-state index < -0.39 is 58.2 Å². The molecule has 12 heteroatoms. The molecule has 4 rings (SSSR count). The lowest BCUT2D eigenvalue weighted by molar-refractivity contribution is -0.139. The van der Waals surface area contributed by atoms with Gasteiger partial charge in [0.2, 0.25) is 0 Å². The molecule has 0 N–H and O–H groups in total. The number of carbonyl (C=O) groups is 6. The number of esters is 4. The summed E-state index contributed by atoms with van der Waals surface area (Å²) in [6, 6.07) is 7.26. The first-order valence-electron chi connectivity index (χ1n) is 14.7. The highest BCUT2D eigenvalue weighted by molar-refractivity contribution is 6.30. The lowest BCUT2D eigenvalue weighted by atomic mass is 10.0. The molecule has 0 radical (unpaired) electrons. The second-order valence-corrected chi connectivity index (χ2v) is 11.3. The number of aryl methyl sites for hydroxylation is 6. The predicted octanol–water partition coefficient (Wildman–Crippen LogP) is 3.98. The zero-order valence-electron chi connectivity index (χ0n) is 28.4. The summed E-state index contributed by atoms with van der Waals surface area (Å²) < 4.78 is 19.9. The summed E-state index contributed by atoms with van der Waals surface area (Å²) in [4.78, 5) is 83.6. The molecule has 0 atom stereocenters. The van der Waals surface area contributed by atoms with Crippen LogP contribution in [0.1, 0.15) is 33.4 Å². The fourth-order valence-corrected chi connectivity index (χ4v) is 6.29. The predicted molar refractivity (Wildman–Crippen MR) is 175 cm³/mol. The number of carbonyl (C=O) groups excluding carboxylic acids is 6. The number of benzene rings is 2. The molecular formula is C36H36N2O10. The maximum atomic E-state index is 14.2. The molecule has 2 aromatic rings. The van der Waals surface area contributed by atoms with Gasteiger partial charge in [0.05, 0.1) is 51.0 Å². The maximum Gasteiger partial charge on any atom is 0.356 e. The highest BCUT2D eigenvalue weighted by Gasteiger charge is 2.47. The molecule has 2 amide bonds. The van der Waals surface area contributed by atoms with Crippen LogP contribution in [0.25, 0.3) is 0 Å². The number of methoxy groups -OCH3 is 4. The SMILES string of the molecule is COC(=O)C1=C(C(=O)OC)N(c2c(C)cc(C)cc2C)C(=O)/C1=C\C=C1/C(=O)N(c2c(C)cc(C)cc2C)C(C(=O)OC)=C1C(=O)OC.